The van der Waals surface area contributed by atoms with Crippen molar-refractivity contribution in [2.75, 3.05) is 13.1 Å². The molecular weight excluding hydrogens is 318 g/mol. The Kier molecular flexibility index (Phi) is 5.03. The molecule has 2 aromatic rings. The highest BCUT2D eigenvalue weighted by atomic mass is 35.5. The zero-order valence-electron chi connectivity index (χ0n) is 12.3. The molecule has 0 unspecified atom stereocenters. The molecule has 2 heterocycles. The lowest BCUT2D eigenvalue weighted by atomic mass is 9.90. The van der Waals surface area contributed by atoms with E-state index in [1.54, 1.807) is 23.5 Å². The van der Waals surface area contributed by atoms with Crippen molar-refractivity contribution in [3.63, 3.8) is 0 Å². The number of benzene rings is 1. The summed E-state index contributed by atoms with van der Waals surface area (Å²) >= 11 is 7.80. The van der Waals surface area contributed by atoms with Gasteiger partial charge in [0.15, 0.2) is 0 Å². The first-order chi connectivity index (χ1) is 10.6. The quantitative estimate of drug-likeness (QED) is 0.884. The minimum atomic E-state index is -0.334. The van der Waals surface area contributed by atoms with E-state index in [-0.39, 0.29) is 11.9 Å². The number of nitrogens with zero attached hydrogens (tertiary/aromatic N) is 1. The van der Waals surface area contributed by atoms with Crippen LogP contribution in [-0.4, -0.2) is 28.2 Å². The number of aliphatic hydroxyl groups is 1. The van der Waals surface area contributed by atoms with Gasteiger partial charge >= 0.3 is 0 Å². The first-order valence-electron chi connectivity index (χ1n) is 7.54. The van der Waals surface area contributed by atoms with Gasteiger partial charge in [-0.3, -0.25) is 4.90 Å². The molecule has 3 nitrogen and oxygen atoms in total. The predicted molar refractivity (Wildman–Crippen MR) is 90.4 cm³/mol. The molecule has 0 radical (unpaired) electrons. The predicted octanol–water partition coefficient (Wildman–Crippen LogP) is 4.05. The maximum Gasteiger partial charge on any atom is 0.117 e. The Labute approximate surface area is 139 Å². The van der Waals surface area contributed by atoms with E-state index >= 15 is 0 Å². The molecular formula is C17H20ClNO2S. The standard InChI is InChI=1S/C17H20ClNO2S/c18-15-10-14(20)4-3-13(15)11-19-7-5-12(6-8-19)17(21)16-2-1-9-22-16/h1-4,9-10,12,17,20-21H,5-8,11H2/t17-/m0/s1. The molecule has 0 spiro atoms. The van der Waals surface area contributed by atoms with E-state index in [1.165, 1.54) is 0 Å². The number of halogens is 1. The van der Waals surface area contributed by atoms with Crippen molar-refractivity contribution in [1.29, 1.82) is 0 Å². The van der Waals surface area contributed by atoms with Gasteiger partial charge in [-0.15, -0.1) is 11.3 Å². The molecule has 1 saturated heterocycles. The van der Waals surface area contributed by atoms with Crippen molar-refractivity contribution in [2.24, 2.45) is 5.92 Å². The zero-order chi connectivity index (χ0) is 15.5. The van der Waals surface area contributed by atoms with Crippen molar-refractivity contribution < 1.29 is 10.2 Å². The van der Waals surface area contributed by atoms with Crippen LogP contribution in [0.5, 0.6) is 5.75 Å². The Hall–Kier alpha value is -1.07. The van der Waals surface area contributed by atoms with Crippen LogP contribution in [0.4, 0.5) is 0 Å². The number of hydrogen-bond acceptors (Lipinski definition) is 4. The Bertz CT molecular complexity index is 609. The molecule has 22 heavy (non-hydrogen) atoms. The number of piperidine rings is 1. The lowest BCUT2D eigenvalue weighted by molar-refractivity contribution is 0.0591. The molecule has 1 atom stereocenters. The van der Waals surface area contributed by atoms with Gasteiger partial charge in [0.05, 0.1) is 6.10 Å². The van der Waals surface area contributed by atoms with Gasteiger partial charge in [-0.25, -0.2) is 0 Å². The molecule has 2 N–H and O–H groups in total. The number of thiophene rings is 1. The third kappa shape index (κ3) is 3.63. The summed E-state index contributed by atoms with van der Waals surface area (Å²) in [5, 5.41) is 22.5. The first-order valence-corrected chi connectivity index (χ1v) is 8.80. The van der Waals surface area contributed by atoms with Crippen LogP contribution in [0, 0.1) is 5.92 Å². The Morgan fingerprint density at radius 3 is 2.68 bits per heavy atom. The molecule has 0 saturated carbocycles. The number of aromatic hydroxyl groups is 1. The topological polar surface area (TPSA) is 43.7 Å². The highest BCUT2D eigenvalue weighted by molar-refractivity contribution is 7.10. The highest BCUT2D eigenvalue weighted by Crippen LogP contribution is 2.33. The number of rotatable bonds is 4. The van der Waals surface area contributed by atoms with E-state index in [1.807, 2.05) is 23.6 Å². The van der Waals surface area contributed by atoms with E-state index in [0.29, 0.717) is 10.9 Å². The second kappa shape index (κ2) is 7.01. The molecule has 118 valence electrons. The van der Waals surface area contributed by atoms with Crippen molar-refractivity contribution in [3.8, 4) is 5.75 Å². The van der Waals surface area contributed by atoms with Crippen LogP contribution >= 0.6 is 22.9 Å². The van der Waals surface area contributed by atoms with Crippen LogP contribution in [0.3, 0.4) is 0 Å². The van der Waals surface area contributed by atoms with Gasteiger partial charge in [0, 0.05) is 16.4 Å². The molecule has 1 aliphatic rings. The van der Waals surface area contributed by atoms with E-state index in [9.17, 15) is 10.2 Å². The van der Waals surface area contributed by atoms with Gasteiger partial charge in [0.25, 0.3) is 0 Å². The van der Waals surface area contributed by atoms with E-state index in [2.05, 4.69) is 4.90 Å². The summed E-state index contributed by atoms with van der Waals surface area (Å²) in [7, 11) is 0. The summed E-state index contributed by atoms with van der Waals surface area (Å²) in [5.74, 6) is 0.539. The smallest absolute Gasteiger partial charge is 0.117 e. The van der Waals surface area contributed by atoms with E-state index < -0.39 is 0 Å². The highest BCUT2D eigenvalue weighted by Gasteiger charge is 2.26. The van der Waals surface area contributed by atoms with E-state index in [4.69, 9.17) is 11.6 Å². The second-order valence-electron chi connectivity index (χ2n) is 5.85. The fourth-order valence-electron chi connectivity index (χ4n) is 3.02. The number of phenolic OH excluding ortho intramolecular Hbond substituents is 1. The number of likely N-dealkylation sites (tertiary alicyclic amines) is 1. The summed E-state index contributed by atoms with van der Waals surface area (Å²) in [4.78, 5) is 3.43. The molecule has 5 heteroatoms. The Balaban J connectivity index is 1.55. The lowest BCUT2D eigenvalue weighted by Gasteiger charge is -2.34. The maximum absolute atomic E-state index is 10.4. The fraction of sp³-hybridized carbons (Fsp3) is 0.412. The second-order valence-corrected chi connectivity index (χ2v) is 7.24. The van der Waals surface area contributed by atoms with Crippen LogP contribution in [0.15, 0.2) is 35.7 Å². The number of aliphatic hydroxyl groups excluding tert-OH is 1. The van der Waals surface area contributed by atoms with Gasteiger partial charge in [0.2, 0.25) is 0 Å². The lowest BCUT2D eigenvalue weighted by Crippen LogP contribution is -2.35. The summed E-state index contributed by atoms with van der Waals surface area (Å²) in [6.07, 6.45) is 1.66. The number of hydrogen-bond donors (Lipinski definition) is 2. The third-order valence-corrected chi connectivity index (χ3v) is 5.64. The summed E-state index contributed by atoms with van der Waals surface area (Å²) in [5.41, 5.74) is 1.04. The van der Waals surface area contributed by atoms with Crippen LogP contribution in [0.2, 0.25) is 5.02 Å². The normalized spacial score (nSPS) is 18.5. The van der Waals surface area contributed by atoms with Crippen LogP contribution in [-0.2, 0) is 6.54 Å². The van der Waals surface area contributed by atoms with Gasteiger partial charge in [-0.1, -0.05) is 23.7 Å². The largest absolute Gasteiger partial charge is 0.508 e. The monoisotopic (exact) mass is 337 g/mol. The van der Waals surface area contributed by atoms with Gasteiger partial charge in [0.1, 0.15) is 5.75 Å². The molecule has 1 aliphatic heterocycles. The zero-order valence-corrected chi connectivity index (χ0v) is 13.9. The average Bonchev–Trinajstić information content (AvgIpc) is 3.04. The molecule has 0 amide bonds. The van der Waals surface area contributed by atoms with Crippen LogP contribution in [0.1, 0.15) is 29.4 Å². The van der Waals surface area contributed by atoms with Crippen molar-refractivity contribution >= 4 is 22.9 Å². The summed E-state index contributed by atoms with van der Waals surface area (Å²) in [6, 6.07) is 9.14. The minimum Gasteiger partial charge on any atom is -0.508 e. The summed E-state index contributed by atoms with van der Waals surface area (Å²) < 4.78 is 0. The first kappa shape index (κ1) is 15.8. The Morgan fingerprint density at radius 1 is 1.27 bits per heavy atom. The summed E-state index contributed by atoms with van der Waals surface area (Å²) in [6.45, 7) is 2.72. The fourth-order valence-corrected chi connectivity index (χ4v) is 4.06. The SMILES string of the molecule is Oc1ccc(CN2CCC([C@H](O)c3cccs3)CC2)c(Cl)c1. The minimum absolute atomic E-state index is 0.200. The molecule has 0 bridgehead atoms. The van der Waals surface area contributed by atoms with Gasteiger partial charge < -0.3 is 10.2 Å². The van der Waals surface area contributed by atoms with Crippen LogP contribution in [0.25, 0.3) is 0 Å². The van der Waals surface area contributed by atoms with Crippen LogP contribution < -0.4 is 0 Å². The van der Waals surface area contributed by atoms with Gasteiger partial charge in [-0.05, 0) is 61.0 Å². The number of phenols is 1. The van der Waals surface area contributed by atoms with E-state index in [0.717, 1.165) is 42.9 Å². The molecule has 1 aromatic carbocycles. The van der Waals surface area contributed by atoms with Crippen molar-refractivity contribution in [2.45, 2.75) is 25.5 Å². The molecule has 0 aliphatic carbocycles. The Morgan fingerprint density at radius 2 is 2.05 bits per heavy atom. The third-order valence-electron chi connectivity index (χ3n) is 4.34. The molecule has 1 aromatic heterocycles. The average molecular weight is 338 g/mol. The van der Waals surface area contributed by atoms with Crippen molar-refractivity contribution in [3.05, 3.63) is 51.2 Å². The van der Waals surface area contributed by atoms with Crippen molar-refractivity contribution in [1.82, 2.24) is 4.90 Å². The van der Waals surface area contributed by atoms with Gasteiger partial charge in [-0.2, -0.15) is 0 Å². The maximum atomic E-state index is 10.4. The molecule has 3 rings (SSSR count). The molecule has 1 fully saturated rings.